The number of aliphatic hydroxyl groups is 1. The summed E-state index contributed by atoms with van der Waals surface area (Å²) in [5.41, 5.74) is 0. The molecule has 32 heavy (non-hydrogen) atoms. The number of carbonyl (C=O) groups is 1. The topological polar surface area (TPSA) is 76.0 Å². The summed E-state index contributed by atoms with van der Waals surface area (Å²) >= 11 is 0. The lowest BCUT2D eigenvalue weighted by Gasteiger charge is -2.21. The summed E-state index contributed by atoms with van der Waals surface area (Å²) in [6.07, 6.45) is 4.05. The number of alkyl halides is 2. The number of aliphatic carboxylic acids is 1. The third kappa shape index (κ3) is 6.68. The van der Waals surface area contributed by atoms with Gasteiger partial charge >= 0.3 is 5.97 Å². The zero-order chi connectivity index (χ0) is 23.3. The molecule has 1 aromatic rings. The van der Waals surface area contributed by atoms with Crippen LogP contribution in [0.3, 0.4) is 0 Å². The van der Waals surface area contributed by atoms with Gasteiger partial charge in [-0.3, -0.25) is 4.79 Å². The highest BCUT2D eigenvalue weighted by Gasteiger charge is 2.44. The van der Waals surface area contributed by atoms with E-state index in [0.717, 1.165) is 25.0 Å². The highest BCUT2D eigenvalue weighted by atomic mass is 19.3. The van der Waals surface area contributed by atoms with Crippen LogP contribution in [0, 0.1) is 29.4 Å². The quantitative estimate of drug-likeness (QED) is 0.417. The minimum Gasteiger partial charge on any atom is -0.484 e. The van der Waals surface area contributed by atoms with Crippen molar-refractivity contribution >= 4 is 5.97 Å². The summed E-state index contributed by atoms with van der Waals surface area (Å²) in [4.78, 5) is 10.7. The van der Waals surface area contributed by atoms with Gasteiger partial charge in [-0.15, -0.1) is 0 Å². The third-order valence-electron chi connectivity index (χ3n) is 6.22. The van der Waals surface area contributed by atoms with Crippen molar-refractivity contribution in [2.45, 2.75) is 56.7 Å². The summed E-state index contributed by atoms with van der Waals surface area (Å²) < 4.78 is 66.1. The molecule has 5 atom stereocenters. The van der Waals surface area contributed by atoms with Crippen LogP contribution in [0.1, 0.15) is 38.5 Å². The van der Waals surface area contributed by atoms with Crippen molar-refractivity contribution in [2.75, 3.05) is 13.2 Å². The maximum atomic E-state index is 14.3. The van der Waals surface area contributed by atoms with Crippen LogP contribution in [-0.4, -0.2) is 47.5 Å². The molecule has 1 saturated carbocycles. The first-order valence-electron chi connectivity index (χ1n) is 10.8. The number of fused-ring (bicyclic) bond motifs is 1. The lowest BCUT2D eigenvalue weighted by Crippen LogP contribution is -2.25. The molecule has 1 saturated heterocycles. The average molecular weight is 460 g/mol. The van der Waals surface area contributed by atoms with Gasteiger partial charge in [0.15, 0.2) is 18.2 Å². The number of hydrogen-bond acceptors (Lipinski definition) is 4. The van der Waals surface area contributed by atoms with E-state index < -0.39 is 47.9 Å². The molecule has 0 radical (unpaired) electrons. The summed E-state index contributed by atoms with van der Waals surface area (Å²) in [5.74, 6) is -7.04. The van der Waals surface area contributed by atoms with E-state index in [9.17, 15) is 27.5 Å². The summed E-state index contributed by atoms with van der Waals surface area (Å²) in [7, 11) is 0. The third-order valence-corrected chi connectivity index (χ3v) is 6.22. The second kappa shape index (κ2) is 10.7. The van der Waals surface area contributed by atoms with E-state index in [0.29, 0.717) is 38.0 Å². The van der Waals surface area contributed by atoms with Gasteiger partial charge in [-0.1, -0.05) is 6.08 Å². The van der Waals surface area contributed by atoms with Crippen LogP contribution in [0.4, 0.5) is 17.6 Å². The zero-order valence-corrected chi connectivity index (χ0v) is 17.6. The zero-order valence-electron chi connectivity index (χ0n) is 17.6. The monoisotopic (exact) mass is 460 g/mol. The molecule has 0 unspecified atom stereocenters. The Bertz CT molecular complexity index is 816. The van der Waals surface area contributed by atoms with Crippen molar-refractivity contribution in [3.63, 3.8) is 0 Å². The molecule has 0 bridgehead atoms. The standard InChI is InChI=1S/C23H28F4O5/c24-15-5-7-18(25)21(10-15)32-13-23(26,27)9-8-16-17-6-4-14(2-1-3-22(29)30)12-31-20(17)11-19(16)28/h5,7-10,14,16-17,19-20,28H,1-4,6,11-13H2,(H,29,30)/t14-,16+,17+,19+,20-/m0/s1. The first-order chi connectivity index (χ1) is 15.1. The fourth-order valence-corrected chi connectivity index (χ4v) is 4.55. The number of halogens is 4. The molecule has 1 aliphatic heterocycles. The minimum absolute atomic E-state index is 0.101. The van der Waals surface area contributed by atoms with Gasteiger partial charge in [0.05, 0.1) is 12.2 Å². The normalized spacial score (nSPS) is 28.5. The van der Waals surface area contributed by atoms with E-state index in [2.05, 4.69) is 0 Å². The molecule has 178 valence electrons. The number of carboxylic acid groups (broad SMARTS) is 1. The molecular formula is C23H28F4O5. The van der Waals surface area contributed by atoms with Crippen molar-refractivity contribution in [1.82, 2.24) is 0 Å². The molecule has 0 spiro atoms. The molecular weight excluding hydrogens is 432 g/mol. The number of carboxylic acids is 1. The SMILES string of the molecule is O=C(O)CCC[C@H]1CC[C@@H]2[C@@H](C=CC(F)(F)COc3cc(F)ccc3F)[C@H](O)C[C@@H]2OC1. The van der Waals surface area contributed by atoms with Crippen molar-refractivity contribution in [3.05, 3.63) is 42.0 Å². The van der Waals surface area contributed by atoms with E-state index in [1.54, 1.807) is 0 Å². The van der Waals surface area contributed by atoms with Gasteiger partial charge in [0.2, 0.25) is 0 Å². The van der Waals surface area contributed by atoms with Gasteiger partial charge in [0, 0.05) is 31.4 Å². The Balaban J connectivity index is 1.56. The molecule has 2 aliphatic rings. The Morgan fingerprint density at radius 3 is 2.81 bits per heavy atom. The van der Waals surface area contributed by atoms with Crippen molar-refractivity contribution < 1.29 is 42.0 Å². The molecule has 9 heteroatoms. The van der Waals surface area contributed by atoms with Crippen LogP contribution in [0.2, 0.25) is 0 Å². The molecule has 1 aromatic carbocycles. The van der Waals surface area contributed by atoms with E-state index >= 15 is 0 Å². The number of aliphatic hydroxyl groups excluding tert-OH is 1. The Kier molecular flexibility index (Phi) is 8.16. The first kappa shape index (κ1) is 24.5. The predicted molar refractivity (Wildman–Crippen MR) is 107 cm³/mol. The highest BCUT2D eigenvalue weighted by Crippen LogP contribution is 2.42. The fraction of sp³-hybridized carbons (Fsp3) is 0.609. The van der Waals surface area contributed by atoms with Gasteiger partial charge in [-0.05, 0) is 55.7 Å². The van der Waals surface area contributed by atoms with E-state index in [1.165, 1.54) is 6.08 Å². The summed E-state index contributed by atoms with van der Waals surface area (Å²) in [6.45, 7) is -0.698. The molecule has 1 heterocycles. The van der Waals surface area contributed by atoms with Crippen LogP contribution in [0.25, 0.3) is 0 Å². The predicted octanol–water partition coefficient (Wildman–Crippen LogP) is 4.58. The Morgan fingerprint density at radius 1 is 1.28 bits per heavy atom. The second-order valence-electron chi connectivity index (χ2n) is 8.63. The van der Waals surface area contributed by atoms with Crippen LogP contribution >= 0.6 is 0 Å². The molecule has 1 aliphatic carbocycles. The van der Waals surface area contributed by atoms with Crippen LogP contribution in [0.15, 0.2) is 30.4 Å². The first-order valence-corrected chi connectivity index (χ1v) is 10.8. The maximum absolute atomic E-state index is 14.3. The highest BCUT2D eigenvalue weighted by molar-refractivity contribution is 5.66. The van der Waals surface area contributed by atoms with Crippen molar-refractivity contribution in [1.29, 1.82) is 0 Å². The Morgan fingerprint density at radius 2 is 2.06 bits per heavy atom. The number of hydrogen-bond donors (Lipinski definition) is 2. The minimum atomic E-state index is -3.44. The van der Waals surface area contributed by atoms with Gasteiger partial charge in [0.25, 0.3) is 5.92 Å². The molecule has 0 amide bonds. The molecule has 2 fully saturated rings. The largest absolute Gasteiger partial charge is 0.484 e. The van der Waals surface area contributed by atoms with E-state index in [1.807, 2.05) is 0 Å². The van der Waals surface area contributed by atoms with Gasteiger partial charge in [0.1, 0.15) is 5.82 Å². The molecule has 5 nitrogen and oxygen atoms in total. The Labute approximate surface area is 184 Å². The summed E-state index contributed by atoms with van der Waals surface area (Å²) in [5, 5.41) is 19.2. The van der Waals surface area contributed by atoms with Crippen LogP contribution < -0.4 is 4.74 Å². The van der Waals surface area contributed by atoms with E-state index in [4.69, 9.17) is 14.6 Å². The van der Waals surface area contributed by atoms with Crippen LogP contribution in [-0.2, 0) is 9.53 Å². The van der Waals surface area contributed by atoms with Crippen LogP contribution in [0.5, 0.6) is 5.75 Å². The van der Waals surface area contributed by atoms with Crippen molar-refractivity contribution in [2.24, 2.45) is 17.8 Å². The summed E-state index contributed by atoms with van der Waals surface area (Å²) in [6, 6.07) is 2.37. The lowest BCUT2D eigenvalue weighted by atomic mass is 9.86. The van der Waals surface area contributed by atoms with Gasteiger partial charge < -0.3 is 19.7 Å². The smallest absolute Gasteiger partial charge is 0.303 e. The lowest BCUT2D eigenvalue weighted by molar-refractivity contribution is -0.137. The number of benzene rings is 1. The maximum Gasteiger partial charge on any atom is 0.303 e. The number of rotatable bonds is 9. The number of ether oxygens (including phenoxy) is 2. The average Bonchev–Trinajstić information content (AvgIpc) is 2.89. The van der Waals surface area contributed by atoms with Crippen molar-refractivity contribution in [3.8, 4) is 5.75 Å². The van der Waals surface area contributed by atoms with E-state index in [-0.39, 0.29) is 24.4 Å². The molecule has 2 N–H and O–H groups in total. The second-order valence-corrected chi connectivity index (χ2v) is 8.63. The fourth-order valence-electron chi connectivity index (χ4n) is 4.55. The van der Waals surface area contributed by atoms with Gasteiger partial charge in [-0.2, -0.15) is 8.78 Å². The van der Waals surface area contributed by atoms with Gasteiger partial charge in [-0.25, -0.2) is 8.78 Å². The molecule has 0 aromatic heterocycles. The Hall–Kier alpha value is -2.13. The molecule has 3 rings (SSSR count).